The molecule has 36 heavy (non-hydrogen) atoms. The molecule has 194 valence electrons. The zero-order valence-electron chi connectivity index (χ0n) is 20.8. The molecule has 0 heterocycles. The van der Waals surface area contributed by atoms with Gasteiger partial charge in [-0.1, -0.05) is 80.6 Å². The van der Waals surface area contributed by atoms with E-state index >= 15 is 0 Å². The summed E-state index contributed by atoms with van der Waals surface area (Å²) in [5.74, 6) is -1.33. The minimum atomic E-state index is -5.08. The minimum absolute atomic E-state index is 0.0217. The van der Waals surface area contributed by atoms with Crippen molar-refractivity contribution in [3.8, 4) is 16.9 Å². The molecule has 3 aromatic rings. The van der Waals surface area contributed by atoms with Crippen LogP contribution in [0.4, 0.5) is 13.2 Å². The molecule has 0 aliphatic carbocycles. The number of ether oxygens (including phenoxy) is 1. The number of hydrogen-bond acceptors (Lipinski definition) is 4. The molecule has 0 aromatic heterocycles. The fourth-order valence-corrected chi connectivity index (χ4v) is 3.50. The molecule has 0 amide bonds. The molecule has 4 N–H and O–H groups in total. The lowest BCUT2D eigenvalue weighted by Gasteiger charge is -2.19. The van der Waals surface area contributed by atoms with E-state index in [-0.39, 0.29) is 12.1 Å². The third-order valence-electron chi connectivity index (χ3n) is 5.75. The predicted octanol–water partition coefficient (Wildman–Crippen LogP) is 6.47. The van der Waals surface area contributed by atoms with Crippen LogP contribution in [-0.2, 0) is 4.79 Å². The summed E-state index contributed by atoms with van der Waals surface area (Å²) in [5, 5.41) is 10.7. The summed E-state index contributed by atoms with van der Waals surface area (Å²) in [7, 11) is 1.71. The number of benzene rings is 3. The molecule has 0 saturated heterocycles. The van der Waals surface area contributed by atoms with Crippen molar-refractivity contribution in [2.45, 2.75) is 44.9 Å². The van der Waals surface area contributed by atoms with Crippen LogP contribution in [0.15, 0.2) is 72.8 Å². The highest BCUT2D eigenvalue weighted by Crippen LogP contribution is 2.30. The average Bonchev–Trinajstić information content (AvgIpc) is 2.87. The maximum Gasteiger partial charge on any atom is 0.490 e. The highest BCUT2D eigenvalue weighted by Gasteiger charge is 2.38. The van der Waals surface area contributed by atoms with Gasteiger partial charge in [-0.25, -0.2) is 4.79 Å². The van der Waals surface area contributed by atoms with Crippen LogP contribution in [0.5, 0.6) is 5.75 Å². The van der Waals surface area contributed by atoms with Gasteiger partial charge in [-0.15, -0.1) is 0 Å². The van der Waals surface area contributed by atoms with E-state index in [0.29, 0.717) is 5.92 Å². The zero-order valence-corrected chi connectivity index (χ0v) is 20.8. The summed E-state index contributed by atoms with van der Waals surface area (Å²) in [4.78, 5) is 8.90. The van der Waals surface area contributed by atoms with E-state index in [4.69, 9.17) is 20.4 Å². The molecular weight excluding hydrogens is 469 g/mol. The number of alkyl halides is 3. The fourth-order valence-electron chi connectivity index (χ4n) is 3.50. The summed E-state index contributed by atoms with van der Waals surface area (Å²) >= 11 is 0. The topological polar surface area (TPSA) is 84.6 Å². The van der Waals surface area contributed by atoms with Crippen LogP contribution in [0, 0.1) is 0 Å². The first-order chi connectivity index (χ1) is 16.9. The molecule has 2 atom stereocenters. The standard InChI is InChI=1S/C26H32N2O.C2HF3O2/c1-18(2)20-9-15-23(16-10-20)25(27)17-28-19(3)21-11-13-22(14-12-21)24-7-5-6-8-26(24)29-4;3-2(4,5)1(6)7/h5-16,18-19,25,28H,17,27H2,1-4H3;(H,6,7). The van der Waals surface area contributed by atoms with E-state index in [0.717, 1.165) is 23.4 Å². The maximum atomic E-state index is 10.6. The molecule has 0 fully saturated rings. The number of hydrogen-bond donors (Lipinski definition) is 3. The normalized spacial score (nSPS) is 12.9. The first kappa shape index (κ1) is 28.9. The van der Waals surface area contributed by atoms with E-state index in [1.165, 1.54) is 16.7 Å². The van der Waals surface area contributed by atoms with Crippen LogP contribution in [0.2, 0.25) is 0 Å². The van der Waals surface area contributed by atoms with Gasteiger partial charge in [0.15, 0.2) is 0 Å². The van der Waals surface area contributed by atoms with Crippen LogP contribution in [-0.4, -0.2) is 30.9 Å². The molecule has 0 bridgehead atoms. The second-order valence-corrected chi connectivity index (χ2v) is 8.68. The summed E-state index contributed by atoms with van der Waals surface area (Å²) in [6.45, 7) is 7.32. The van der Waals surface area contributed by atoms with Gasteiger partial charge in [0.1, 0.15) is 5.75 Å². The first-order valence-corrected chi connectivity index (χ1v) is 11.6. The van der Waals surface area contributed by atoms with Gasteiger partial charge in [0, 0.05) is 24.2 Å². The van der Waals surface area contributed by atoms with Crippen LogP contribution >= 0.6 is 0 Å². The summed E-state index contributed by atoms with van der Waals surface area (Å²) < 4.78 is 37.2. The lowest BCUT2D eigenvalue weighted by Crippen LogP contribution is -2.29. The van der Waals surface area contributed by atoms with Crippen LogP contribution in [0.3, 0.4) is 0 Å². The van der Waals surface area contributed by atoms with Crippen LogP contribution in [0.25, 0.3) is 11.1 Å². The molecule has 8 heteroatoms. The van der Waals surface area contributed by atoms with Gasteiger partial charge < -0.3 is 20.9 Å². The van der Waals surface area contributed by atoms with Crippen molar-refractivity contribution in [2.24, 2.45) is 5.73 Å². The zero-order chi connectivity index (χ0) is 26.9. The Morgan fingerprint density at radius 3 is 1.92 bits per heavy atom. The van der Waals surface area contributed by atoms with Crippen molar-refractivity contribution in [3.63, 3.8) is 0 Å². The van der Waals surface area contributed by atoms with Crippen molar-refractivity contribution in [2.75, 3.05) is 13.7 Å². The van der Waals surface area contributed by atoms with Crippen molar-refractivity contribution in [1.29, 1.82) is 0 Å². The highest BCUT2D eigenvalue weighted by atomic mass is 19.4. The van der Waals surface area contributed by atoms with E-state index in [1.54, 1.807) is 7.11 Å². The first-order valence-electron chi connectivity index (χ1n) is 11.6. The van der Waals surface area contributed by atoms with Crippen LogP contribution < -0.4 is 15.8 Å². The van der Waals surface area contributed by atoms with Gasteiger partial charge in [-0.3, -0.25) is 0 Å². The van der Waals surface area contributed by atoms with E-state index in [9.17, 15) is 13.2 Å². The van der Waals surface area contributed by atoms with Gasteiger partial charge in [0.05, 0.1) is 7.11 Å². The molecule has 0 spiro atoms. The largest absolute Gasteiger partial charge is 0.496 e. The number of para-hydroxylation sites is 1. The Hall–Kier alpha value is -3.36. The molecule has 2 unspecified atom stereocenters. The summed E-state index contributed by atoms with van der Waals surface area (Å²) in [6.07, 6.45) is -5.08. The molecule has 0 aliphatic rings. The fraction of sp³-hybridized carbons (Fsp3) is 0.321. The predicted molar refractivity (Wildman–Crippen MR) is 136 cm³/mol. The van der Waals surface area contributed by atoms with E-state index < -0.39 is 12.1 Å². The number of carboxylic acid groups (broad SMARTS) is 1. The number of carboxylic acids is 1. The molecule has 0 radical (unpaired) electrons. The Labute approximate surface area is 210 Å². The second kappa shape index (κ2) is 13.1. The average molecular weight is 503 g/mol. The molecule has 5 nitrogen and oxygen atoms in total. The quantitative estimate of drug-likeness (QED) is 0.329. The Kier molecular flexibility index (Phi) is 10.5. The van der Waals surface area contributed by atoms with Crippen molar-refractivity contribution >= 4 is 5.97 Å². The highest BCUT2D eigenvalue weighted by molar-refractivity contribution is 5.73. The monoisotopic (exact) mass is 502 g/mol. The summed E-state index contributed by atoms with van der Waals surface area (Å²) in [6, 6.07) is 25.6. The number of rotatable bonds is 8. The van der Waals surface area contributed by atoms with Gasteiger partial charge in [-0.2, -0.15) is 13.2 Å². The molecule has 3 rings (SSSR count). The maximum absolute atomic E-state index is 10.6. The van der Waals surface area contributed by atoms with Crippen molar-refractivity contribution in [1.82, 2.24) is 5.32 Å². The van der Waals surface area contributed by atoms with Crippen LogP contribution in [0.1, 0.15) is 55.5 Å². The third-order valence-corrected chi connectivity index (χ3v) is 5.75. The number of nitrogens with two attached hydrogens (primary N) is 1. The Balaban J connectivity index is 0.000000572. The molecule has 0 aliphatic heterocycles. The van der Waals surface area contributed by atoms with Gasteiger partial charge in [0.25, 0.3) is 0 Å². The number of aliphatic carboxylic acids is 1. The number of methoxy groups -OCH3 is 1. The van der Waals surface area contributed by atoms with Gasteiger partial charge in [0.2, 0.25) is 0 Å². The smallest absolute Gasteiger partial charge is 0.490 e. The number of halogens is 3. The Morgan fingerprint density at radius 2 is 1.42 bits per heavy atom. The van der Waals surface area contributed by atoms with Gasteiger partial charge in [-0.05, 0) is 41.2 Å². The minimum Gasteiger partial charge on any atom is -0.496 e. The Bertz CT molecular complexity index is 1100. The molecular formula is C28H33F3N2O3. The molecule has 0 saturated carbocycles. The van der Waals surface area contributed by atoms with Crippen molar-refractivity contribution < 1.29 is 27.8 Å². The lowest BCUT2D eigenvalue weighted by molar-refractivity contribution is -0.192. The lowest BCUT2D eigenvalue weighted by atomic mass is 9.98. The van der Waals surface area contributed by atoms with E-state index in [1.807, 2.05) is 18.2 Å². The third kappa shape index (κ3) is 8.39. The molecule has 3 aromatic carbocycles. The number of nitrogens with one attached hydrogen (secondary N) is 1. The summed E-state index contributed by atoms with van der Waals surface area (Å²) in [5.41, 5.74) is 12.4. The van der Waals surface area contributed by atoms with E-state index in [2.05, 4.69) is 80.7 Å². The second-order valence-electron chi connectivity index (χ2n) is 8.68. The Morgan fingerprint density at radius 1 is 0.917 bits per heavy atom. The SMILES string of the molecule is COc1ccccc1-c1ccc(C(C)NCC(N)c2ccc(C(C)C)cc2)cc1.O=C(O)C(F)(F)F. The van der Waals surface area contributed by atoms with Gasteiger partial charge >= 0.3 is 12.1 Å². The van der Waals surface area contributed by atoms with Crippen molar-refractivity contribution in [3.05, 3.63) is 89.5 Å². The number of carbonyl (C=O) groups is 1.